The minimum absolute atomic E-state index is 0.0891. The Bertz CT molecular complexity index is 1020. The number of thioether (sulfide) groups is 1. The van der Waals surface area contributed by atoms with Crippen molar-refractivity contribution in [2.45, 2.75) is 0 Å². The Morgan fingerprint density at radius 2 is 2.07 bits per heavy atom. The van der Waals surface area contributed by atoms with Crippen molar-refractivity contribution in [1.82, 2.24) is 4.90 Å². The van der Waals surface area contributed by atoms with Gasteiger partial charge in [-0.05, 0) is 35.9 Å². The van der Waals surface area contributed by atoms with Crippen molar-refractivity contribution >= 4 is 57.9 Å². The van der Waals surface area contributed by atoms with E-state index in [1.165, 1.54) is 47.0 Å². The van der Waals surface area contributed by atoms with Crippen LogP contribution in [0.5, 0.6) is 5.75 Å². The second-order valence-electron chi connectivity index (χ2n) is 5.64. The zero-order valence-corrected chi connectivity index (χ0v) is 16.7. The number of rotatable bonds is 5. The summed E-state index contributed by atoms with van der Waals surface area (Å²) in [5.41, 5.74) is 0.448. The van der Waals surface area contributed by atoms with Crippen molar-refractivity contribution in [2.75, 3.05) is 6.54 Å². The number of carbonyl (C=O) groups excluding carboxylic acids is 2. The first-order valence-corrected chi connectivity index (χ1v) is 9.63. The number of thiocarbonyl (C=S) groups is 1. The molecule has 28 heavy (non-hydrogen) atoms. The Balaban J connectivity index is 1.79. The van der Waals surface area contributed by atoms with Gasteiger partial charge in [-0.3, -0.25) is 9.69 Å². The van der Waals surface area contributed by atoms with Gasteiger partial charge in [0, 0.05) is 6.54 Å². The molecule has 1 heterocycles. The summed E-state index contributed by atoms with van der Waals surface area (Å²) in [6.45, 7) is 3.95. The highest BCUT2D eigenvalue weighted by atomic mass is 35.5. The number of halogens is 2. The molecular weight excluding hydrogens is 421 g/mol. The summed E-state index contributed by atoms with van der Waals surface area (Å²) >= 11 is 12.6. The van der Waals surface area contributed by atoms with Crippen molar-refractivity contribution in [2.24, 2.45) is 0 Å². The van der Waals surface area contributed by atoms with Crippen LogP contribution < -0.4 is 4.74 Å². The Hall–Kier alpha value is -2.48. The molecule has 3 rings (SSSR count). The lowest BCUT2D eigenvalue weighted by Gasteiger charge is -2.10. The van der Waals surface area contributed by atoms with Crippen molar-refractivity contribution in [3.63, 3.8) is 0 Å². The zero-order valence-electron chi connectivity index (χ0n) is 14.4. The summed E-state index contributed by atoms with van der Waals surface area (Å²) in [6, 6.07) is 10.2. The van der Waals surface area contributed by atoms with Crippen LogP contribution in [0.25, 0.3) is 6.08 Å². The van der Waals surface area contributed by atoms with E-state index < -0.39 is 11.8 Å². The smallest absolute Gasteiger partial charge is 0.346 e. The van der Waals surface area contributed by atoms with Crippen molar-refractivity contribution < 1.29 is 18.7 Å². The van der Waals surface area contributed by atoms with Gasteiger partial charge in [-0.25, -0.2) is 9.18 Å². The predicted molar refractivity (Wildman–Crippen MR) is 113 cm³/mol. The predicted octanol–water partition coefficient (Wildman–Crippen LogP) is 5.09. The lowest BCUT2D eigenvalue weighted by Crippen LogP contribution is -2.27. The van der Waals surface area contributed by atoms with E-state index in [1.54, 1.807) is 24.3 Å². The maximum absolute atomic E-state index is 13.7. The van der Waals surface area contributed by atoms with Gasteiger partial charge in [-0.1, -0.05) is 59.9 Å². The summed E-state index contributed by atoms with van der Waals surface area (Å²) in [6.07, 6.45) is 3.25. The molecule has 0 aliphatic carbocycles. The second-order valence-corrected chi connectivity index (χ2v) is 7.72. The van der Waals surface area contributed by atoms with Crippen molar-refractivity contribution in [1.29, 1.82) is 0 Å². The number of ether oxygens (including phenoxy) is 1. The van der Waals surface area contributed by atoms with E-state index in [0.717, 1.165) is 0 Å². The fourth-order valence-electron chi connectivity index (χ4n) is 2.41. The number of carbonyl (C=O) groups is 2. The normalized spacial score (nSPS) is 15.2. The number of nitrogens with zero attached hydrogens (tertiary/aromatic N) is 1. The molecule has 0 saturated carbocycles. The molecule has 0 aromatic heterocycles. The minimum Gasteiger partial charge on any atom is -0.421 e. The summed E-state index contributed by atoms with van der Waals surface area (Å²) < 4.78 is 19.3. The molecule has 1 fully saturated rings. The van der Waals surface area contributed by atoms with Crippen molar-refractivity contribution in [3.8, 4) is 5.75 Å². The Morgan fingerprint density at radius 3 is 2.75 bits per heavy atom. The first-order chi connectivity index (χ1) is 13.4. The first kappa shape index (κ1) is 20.3. The van der Waals surface area contributed by atoms with Gasteiger partial charge in [0.15, 0.2) is 0 Å². The molecule has 1 aliphatic rings. The van der Waals surface area contributed by atoms with Gasteiger partial charge < -0.3 is 4.74 Å². The average Bonchev–Trinajstić information content (AvgIpc) is 2.92. The Labute approximate surface area is 175 Å². The molecule has 1 aliphatic heterocycles. The lowest BCUT2D eigenvalue weighted by atomic mass is 10.2. The van der Waals surface area contributed by atoms with E-state index in [4.69, 9.17) is 28.6 Å². The van der Waals surface area contributed by atoms with Gasteiger partial charge in [-0.15, -0.1) is 6.58 Å². The topological polar surface area (TPSA) is 46.6 Å². The van der Waals surface area contributed by atoms with Gasteiger partial charge in [-0.2, -0.15) is 0 Å². The van der Waals surface area contributed by atoms with Gasteiger partial charge >= 0.3 is 5.97 Å². The van der Waals surface area contributed by atoms with E-state index >= 15 is 0 Å². The van der Waals surface area contributed by atoms with Crippen LogP contribution in [0.3, 0.4) is 0 Å². The molecule has 2 aromatic carbocycles. The highest BCUT2D eigenvalue weighted by Gasteiger charge is 2.31. The molecule has 0 spiro atoms. The Kier molecular flexibility index (Phi) is 6.28. The van der Waals surface area contributed by atoms with Crippen LogP contribution in [0, 0.1) is 5.82 Å². The summed E-state index contributed by atoms with van der Waals surface area (Å²) in [5.74, 6) is -1.65. The fraction of sp³-hybridized carbons (Fsp3) is 0.0500. The molecule has 4 nitrogen and oxygen atoms in total. The van der Waals surface area contributed by atoms with Crippen LogP contribution in [0.4, 0.5) is 4.39 Å². The molecule has 0 radical (unpaired) electrons. The Morgan fingerprint density at radius 1 is 1.32 bits per heavy atom. The molecule has 1 amide bonds. The number of amides is 1. The van der Waals surface area contributed by atoms with E-state index in [2.05, 4.69) is 6.58 Å². The average molecular weight is 434 g/mol. The monoisotopic (exact) mass is 433 g/mol. The highest BCUT2D eigenvalue weighted by Crippen LogP contribution is 2.34. The van der Waals surface area contributed by atoms with Crippen LogP contribution in [0.15, 0.2) is 60.0 Å². The maximum Gasteiger partial charge on any atom is 0.346 e. The molecular formula is C20H13ClFNO3S2. The third kappa shape index (κ3) is 4.32. The minimum atomic E-state index is -0.849. The quantitative estimate of drug-likeness (QED) is 0.216. The number of esters is 1. The van der Waals surface area contributed by atoms with E-state index in [-0.39, 0.29) is 22.2 Å². The molecule has 0 bridgehead atoms. The molecule has 142 valence electrons. The van der Waals surface area contributed by atoms with E-state index in [1.807, 2.05) is 0 Å². The summed E-state index contributed by atoms with van der Waals surface area (Å²) in [7, 11) is 0. The van der Waals surface area contributed by atoms with E-state index in [9.17, 15) is 14.0 Å². The number of benzene rings is 2. The molecule has 0 N–H and O–H groups in total. The SMILES string of the molecule is C=CCN1C(=O)/C(=C/c2ccc(OC(=O)c3ccccc3F)c(Cl)c2)SC1=S. The number of hydrogen-bond acceptors (Lipinski definition) is 5. The fourth-order valence-corrected chi connectivity index (χ4v) is 3.91. The van der Waals surface area contributed by atoms with Gasteiger partial charge in [0.05, 0.1) is 15.5 Å². The largest absolute Gasteiger partial charge is 0.421 e. The van der Waals surface area contributed by atoms with Gasteiger partial charge in [0.25, 0.3) is 5.91 Å². The summed E-state index contributed by atoms with van der Waals surface area (Å²) in [4.78, 5) is 26.4. The van der Waals surface area contributed by atoms with Gasteiger partial charge in [0.2, 0.25) is 0 Å². The number of hydrogen-bond donors (Lipinski definition) is 0. The molecule has 0 unspecified atom stereocenters. The van der Waals surface area contributed by atoms with Crippen LogP contribution in [0.1, 0.15) is 15.9 Å². The summed E-state index contributed by atoms with van der Waals surface area (Å²) in [5, 5.41) is 0.153. The third-order valence-corrected chi connectivity index (χ3v) is 5.41. The third-order valence-electron chi connectivity index (χ3n) is 3.74. The molecule has 8 heteroatoms. The van der Waals surface area contributed by atoms with Crippen LogP contribution in [0.2, 0.25) is 5.02 Å². The van der Waals surface area contributed by atoms with Crippen LogP contribution in [-0.4, -0.2) is 27.6 Å². The van der Waals surface area contributed by atoms with E-state index in [0.29, 0.717) is 21.3 Å². The standard InChI is InChI=1S/C20H13ClFNO3S2/c1-2-9-23-18(24)17(28-20(23)27)11-12-7-8-16(14(21)10-12)26-19(25)13-5-3-4-6-15(13)22/h2-8,10-11H,1,9H2/b17-11-. The van der Waals surface area contributed by atoms with Gasteiger partial charge in [0.1, 0.15) is 15.9 Å². The molecule has 2 aromatic rings. The zero-order chi connectivity index (χ0) is 20.3. The lowest BCUT2D eigenvalue weighted by molar-refractivity contribution is -0.121. The second kappa shape index (κ2) is 8.68. The van der Waals surface area contributed by atoms with Crippen LogP contribution in [-0.2, 0) is 4.79 Å². The van der Waals surface area contributed by atoms with Crippen LogP contribution >= 0.6 is 35.6 Å². The first-order valence-electron chi connectivity index (χ1n) is 8.03. The van der Waals surface area contributed by atoms with Crippen molar-refractivity contribution in [3.05, 3.63) is 82.0 Å². The molecule has 0 atom stereocenters. The molecule has 1 saturated heterocycles. The maximum atomic E-state index is 13.7. The highest BCUT2D eigenvalue weighted by molar-refractivity contribution is 8.26.